The molecule has 0 bridgehead atoms. The van der Waals surface area contributed by atoms with Crippen molar-refractivity contribution < 1.29 is 19.7 Å². The van der Waals surface area contributed by atoms with E-state index in [1.165, 1.54) is 11.6 Å². The number of benzene rings is 1. The Kier molecular flexibility index (Phi) is 5.77. The molecule has 166 valence electrons. The predicted molar refractivity (Wildman–Crippen MR) is 120 cm³/mol. The Bertz CT molecular complexity index is 889. The minimum Gasteiger partial charge on any atom is -0.507 e. The topological polar surface area (TPSA) is 66.8 Å². The molecule has 0 saturated carbocycles. The van der Waals surface area contributed by atoms with Gasteiger partial charge in [0.2, 0.25) is 0 Å². The molecule has 0 spiro atoms. The number of hydrogen-bond acceptors (Lipinski definition) is 4. The highest BCUT2D eigenvalue weighted by molar-refractivity contribution is 6.03. The van der Waals surface area contributed by atoms with Crippen LogP contribution in [0.2, 0.25) is 0 Å². The number of ketones is 1. The van der Waals surface area contributed by atoms with Crippen LogP contribution in [0.15, 0.2) is 17.4 Å². The number of carbonyl (C=O) groups excluding carboxylic acids is 1. The van der Waals surface area contributed by atoms with Crippen molar-refractivity contribution in [3.05, 3.63) is 28.5 Å². The average Bonchev–Trinajstić information content (AvgIpc) is 2.59. The summed E-state index contributed by atoms with van der Waals surface area (Å²) in [6, 6.07) is 1.54. The molecular formula is C26H38O4. The Morgan fingerprint density at radius 1 is 1.20 bits per heavy atom. The van der Waals surface area contributed by atoms with Gasteiger partial charge in [-0.3, -0.25) is 4.79 Å². The van der Waals surface area contributed by atoms with Crippen molar-refractivity contribution in [2.75, 3.05) is 0 Å². The van der Waals surface area contributed by atoms with Crippen LogP contribution in [0.3, 0.4) is 0 Å². The van der Waals surface area contributed by atoms with Crippen LogP contribution < -0.4 is 4.74 Å². The van der Waals surface area contributed by atoms with Gasteiger partial charge in [-0.15, -0.1) is 0 Å². The second-order valence-corrected chi connectivity index (χ2v) is 11.2. The summed E-state index contributed by atoms with van der Waals surface area (Å²) in [5.41, 5.74) is 1.93. The van der Waals surface area contributed by atoms with E-state index in [0.717, 1.165) is 25.0 Å². The lowest BCUT2D eigenvalue weighted by Gasteiger charge is -2.47. The lowest BCUT2D eigenvalue weighted by Crippen LogP contribution is -2.37. The van der Waals surface area contributed by atoms with Gasteiger partial charge in [-0.25, -0.2) is 0 Å². The van der Waals surface area contributed by atoms with Gasteiger partial charge in [0.15, 0.2) is 5.78 Å². The van der Waals surface area contributed by atoms with Crippen LogP contribution in [0.1, 0.15) is 103 Å². The molecule has 0 saturated heterocycles. The predicted octanol–water partition coefficient (Wildman–Crippen LogP) is 6.95. The van der Waals surface area contributed by atoms with E-state index in [2.05, 4.69) is 41.5 Å². The molecule has 4 heteroatoms. The normalized spacial score (nSPS) is 22.9. The van der Waals surface area contributed by atoms with Crippen molar-refractivity contribution in [3.63, 3.8) is 0 Å². The maximum Gasteiger partial charge on any atom is 0.173 e. The van der Waals surface area contributed by atoms with E-state index in [9.17, 15) is 15.0 Å². The SMILES string of the molecule is CCC(C)C(=O)c1c(O)cc2c(c1O)C(CC(C)C)C1=C(O2)C(C)(C)CC(C)(C)C1. The lowest BCUT2D eigenvalue weighted by molar-refractivity contribution is 0.0920. The molecule has 0 amide bonds. The number of phenols is 2. The molecule has 1 aromatic rings. The van der Waals surface area contributed by atoms with Crippen LogP contribution in [-0.2, 0) is 0 Å². The summed E-state index contributed by atoms with van der Waals surface area (Å²) in [6.45, 7) is 17.1. The fraction of sp³-hybridized carbons (Fsp3) is 0.654. The molecular weight excluding hydrogens is 376 g/mol. The average molecular weight is 415 g/mol. The summed E-state index contributed by atoms with van der Waals surface area (Å²) >= 11 is 0. The quantitative estimate of drug-likeness (QED) is 0.512. The first kappa shape index (κ1) is 22.7. The summed E-state index contributed by atoms with van der Waals surface area (Å²) in [7, 11) is 0. The highest BCUT2D eigenvalue weighted by atomic mass is 16.5. The number of rotatable bonds is 5. The van der Waals surface area contributed by atoms with Gasteiger partial charge in [0, 0.05) is 28.9 Å². The number of fused-ring (bicyclic) bond motifs is 1. The highest BCUT2D eigenvalue weighted by Crippen LogP contribution is 2.59. The molecule has 30 heavy (non-hydrogen) atoms. The van der Waals surface area contributed by atoms with Crippen LogP contribution in [0.5, 0.6) is 17.2 Å². The van der Waals surface area contributed by atoms with E-state index in [4.69, 9.17) is 4.74 Å². The molecule has 3 rings (SSSR count). The summed E-state index contributed by atoms with van der Waals surface area (Å²) in [6.07, 6.45) is 3.41. The molecule has 2 atom stereocenters. The van der Waals surface area contributed by atoms with Crippen molar-refractivity contribution in [3.8, 4) is 17.2 Å². The largest absolute Gasteiger partial charge is 0.507 e. The Morgan fingerprint density at radius 2 is 1.83 bits per heavy atom. The summed E-state index contributed by atoms with van der Waals surface area (Å²) in [5.74, 6) is 1.06. The molecule has 0 fully saturated rings. The van der Waals surface area contributed by atoms with E-state index < -0.39 is 0 Å². The number of allylic oxidation sites excluding steroid dienone is 2. The fourth-order valence-corrected chi connectivity index (χ4v) is 5.61. The van der Waals surface area contributed by atoms with E-state index >= 15 is 0 Å². The van der Waals surface area contributed by atoms with Crippen molar-refractivity contribution in [2.24, 2.45) is 22.7 Å². The Morgan fingerprint density at radius 3 is 2.40 bits per heavy atom. The molecule has 2 N–H and O–H groups in total. The highest BCUT2D eigenvalue weighted by Gasteiger charge is 2.47. The van der Waals surface area contributed by atoms with Crippen LogP contribution >= 0.6 is 0 Å². The van der Waals surface area contributed by atoms with Gasteiger partial charge in [0.1, 0.15) is 28.6 Å². The monoisotopic (exact) mass is 414 g/mol. The van der Waals surface area contributed by atoms with E-state index in [-0.39, 0.29) is 45.5 Å². The number of aromatic hydroxyl groups is 2. The first-order valence-electron chi connectivity index (χ1n) is 11.3. The minimum atomic E-state index is -0.268. The number of carbonyl (C=O) groups is 1. The number of ether oxygens (including phenoxy) is 1. The van der Waals surface area contributed by atoms with Gasteiger partial charge in [-0.2, -0.15) is 0 Å². The second-order valence-electron chi connectivity index (χ2n) is 11.2. The number of phenolic OH excluding ortho intramolecular Hbond substituents is 2. The molecule has 2 unspecified atom stereocenters. The number of Topliss-reactive ketones (excluding diaryl/α,β-unsaturated/α-hetero) is 1. The molecule has 2 aliphatic rings. The zero-order valence-electron chi connectivity index (χ0n) is 19.8. The van der Waals surface area contributed by atoms with Crippen molar-refractivity contribution in [1.29, 1.82) is 0 Å². The van der Waals surface area contributed by atoms with E-state index in [0.29, 0.717) is 23.7 Å². The van der Waals surface area contributed by atoms with E-state index in [1.807, 2.05) is 13.8 Å². The van der Waals surface area contributed by atoms with Gasteiger partial charge in [0.05, 0.1) is 0 Å². The third kappa shape index (κ3) is 3.86. The Labute approximate surface area is 181 Å². The smallest absolute Gasteiger partial charge is 0.173 e. The lowest BCUT2D eigenvalue weighted by atomic mass is 9.61. The molecule has 4 nitrogen and oxygen atoms in total. The summed E-state index contributed by atoms with van der Waals surface area (Å²) in [4.78, 5) is 12.9. The van der Waals surface area contributed by atoms with Crippen LogP contribution in [0, 0.1) is 22.7 Å². The summed E-state index contributed by atoms with van der Waals surface area (Å²) < 4.78 is 6.39. The molecule has 1 aromatic carbocycles. The van der Waals surface area contributed by atoms with Gasteiger partial charge in [-0.05, 0) is 42.6 Å². The van der Waals surface area contributed by atoms with Crippen LogP contribution in [0.25, 0.3) is 0 Å². The van der Waals surface area contributed by atoms with Crippen molar-refractivity contribution in [2.45, 2.75) is 87.0 Å². The Hall–Kier alpha value is -1.97. The second kappa shape index (κ2) is 7.62. The van der Waals surface area contributed by atoms with Crippen molar-refractivity contribution >= 4 is 5.78 Å². The molecule has 0 aromatic heterocycles. The van der Waals surface area contributed by atoms with Crippen molar-refractivity contribution in [1.82, 2.24) is 0 Å². The maximum atomic E-state index is 12.9. The third-order valence-electron chi connectivity index (χ3n) is 6.77. The zero-order valence-corrected chi connectivity index (χ0v) is 19.8. The Balaban J connectivity index is 2.24. The number of hydrogen-bond donors (Lipinski definition) is 2. The maximum absolute atomic E-state index is 12.9. The van der Waals surface area contributed by atoms with Crippen LogP contribution in [0.4, 0.5) is 0 Å². The zero-order chi connectivity index (χ0) is 22.6. The van der Waals surface area contributed by atoms with Gasteiger partial charge < -0.3 is 14.9 Å². The first-order chi connectivity index (χ1) is 13.8. The first-order valence-corrected chi connectivity index (χ1v) is 11.3. The molecule has 1 aliphatic heterocycles. The molecule has 0 radical (unpaired) electrons. The fourth-order valence-electron chi connectivity index (χ4n) is 5.61. The van der Waals surface area contributed by atoms with Gasteiger partial charge >= 0.3 is 0 Å². The standard InChI is InChI=1S/C26H38O4/c1-9-15(4)22(28)21-18(27)11-19-20(23(21)29)16(10-14(2)3)17-12-25(5,6)13-26(7,8)24(17)30-19/h11,14-16,27,29H,9-10,12-13H2,1-8H3. The van der Waals surface area contributed by atoms with Gasteiger partial charge in [-0.1, -0.05) is 55.4 Å². The van der Waals surface area contributed by atoms with Gasteiger partial charge in [0.25, 0.3) is 0 Å². The van der Waals surface area contributed by atoms with E-state index in [1.54, 1.807) is 0 Å². The molecule has 1 heterocycles. The third-order valence-corrected chi connectivity index (χ3v) is 6.77. The summed E-state index contributed by atoms with van der Waals surface area (Å²) in [5, 5.41) is 21.9. The van der Waals surface area contributed by atoms with Crippen LogP contribution in [-0.4, -0.2) is 16.0 Å². The minimum absolute atomic E-state index is 0.0216. The molecule has 1 aliphatic carbocycles.